The topological polar surface area (TPSA) is 95.6 Å². The lowest BCUT2D eigenvalue weighted by Crippen LogP contribution is -2.10. The van der Waals surface area contributed by atoms with Crippen LogP contribution >= 0.6 is 11.9 Å². The van der Waals surface area contributed by atoms with Crippen LogP contribution in [0.25, 0.3) is 11.0 Å². The Bertz CT molecular complexity index is 1230. The maximum Gasteiger partial charge on any atom is 0.201 e. The monoisotopic (exact) mass is 440 g/mol. The van der Waals surface area contributed by atoms with Gasteiger partial charge in [-0.2, -0.15) is 0 Å². The number of halogens is 2. The summed E-state index contributed by atoms with van der Waals surface area (Å²) >= 11 is 1.29. The first-order valence-electron chi connectivity index (χ1n) is 9.49. The Hall–Kier alpha value is -3.53. The van der Waals surface area contributed by atoms with Crippen LogP contribution in [0, 0.1) is 11.6 Å². The highest BCUT2D eigenvalue weighted by atomic mass is 32.2. The van der Waals surface area contributed by atoms with Crippen molar-refractivity contribution in [3.63, 3.8) is 0 Å². The summed E-state index contributed by atoms with van der Waals surface area (Å²) in [6.07, 6.45) is 6.79. The van der Waals surface area contributed by atoms with Gasteiger partial charge in [0.1, 0.15) is 23.6 Å². The van der Waals surface area contributed by atoms with Crippen LogP contribution in [-0.2, 0) is 0 Å². The number of nitrogens with zero attached hydrogens (tertiary/aromatic N) is 3. The number of pyridine rings is 1. The number of nitrogens with one attached hydrogen (secondary N) is 3. The summed E-state index contributed by atoms with van der Waals surface area (Å²) in [6.45, 7) is 1.99. The summed E-state index contributed by atoms with van der Waals surface area (Å²) in [5.74, 6) is -1.62. The number of rotatable bonds is 8. The molecule has 0 aliphatic carbocycles. The number of H-pyrrole nitrogens is 1. The fourth-order valence-electron chi connectivity index (χ4n) is 3.01. The molecule has 1 aromatic carbocycles. The number of aromatic amines is 1. The molecule has 0 radical (unpaired) electrons. The van der Waals surface area contributed by atoms with Crippen molar-refractivity contribution in [2.24, 2.45) is 0 Å². The molecule has 158 valence electrons. The van der Waals surface area contributed by atoms with E-state index in [0.717, 1.165) is 18.2 Å². The fraction of sp³-hybridized carbons (Fsp3) is 0.143. The largest absolute Gasteiger partial charge is 0.345 e. The Labute approximate surface area is 180 Å². The molecule has 0 saturated heterocycles. The van der Waals surface area contributed by atoms with Gasteiger partial charge < -0.3 is 15.0 Å². The molecular weight excluding hydrogens is 422 g/mol. The standard InChI is InChI=1S/C21H18F2N6OS/c1-2-9-31-29-15-4-3-14(22)17(18(15)23)19(30)13-10-25-20-16(13)21(27-11-26-20)28-12-5-7-24-8-6-12/h3-8,10-11,29H,2,9H2,1H3,(H2,24,25,26,27,28). The molecule has 4 rings (SSSR count). The zero-order chi connectivity index (χ0) is 21.8. The Morgan fingerprint density at radius 3 is 2.74 bits per heavy atom. The van der Waals surface area contributed by atoms with Gasteiger partial charge in [0.2, 0.25) is 5.78 Å². The first-order valence-corrected chi connectivity index (χ1v) is 10.5. The molecule has 0 aliphatic heterocycles. The second-order valence-corrected chi connectivity index (χ2v) is 7.47. The molecule has 3 N–H and O–H groups in total. The fourth-order valence-corrected chi connectivity index (χ4v) is 3.63. The molecule has 4 aromatic rings. The minimum atomic E-state index is -0.941. The average molecular weight is 440 g/mol. The lowest BCUT2D eigenvalue weighted by molar-refractivity contribution is 0.103. The van der Waals surface area contributed by atoms with Crippen LogP contribution in [-0.4, -0.2) is 31.5 Å². The summed E-state index contributed by atoms with van der Waals surface area (Å²) in [6, 6.07) is 5.81. The summed E-state index contributed by atoms with van der Waals surface area (Å²) < 4.78 is 32.4. The molecule has 3 heterocycles. The number of benzene rings is 1. The van der Waals surface area contributed by atoms with Crippen molar-refractivity contribution < 1.29 is 13.6 Å². The highest BCUT2D eigenvalue weighted by Crippen LogP contribution is 2.31. The highest BCUT2D eigenvalue weighted by molar-refractivity contribution is 8.00. The van der Waals surface area contributed by atoms with Gasteiger partial charge in [-0.15, -0.1) is 0 Å². The van der Waals surface area contributed by atoms with Crippen molar-refractivity contribution in [1.29, 1.82) is 0 Å². The first-order chi connectivity index (χ1) is 15.1. The highest BCUT2D eigenvalue weighted by Gasteiger charge is 2.26. The molecule has 0 spiro atoms. The molecular formula is C21H18F2N6OS. The van der Waals surface area contributed by atoms with Gasteiger partial charge in [-0.25, -0.2) is 18.7 Å². The van der Waals surface area contributed by atoms with Gasteiger partial charge >= 0.3 is 0 Å². The Kier molecular flexibility index (Phi) is 6.08. The number of carbonyl (C=O) groups is 1. The summed E-state index contributed by atoms with van der Waals surface area (Å²) in [5.41, 5.74) is 0.522. The predicted octanol–water partition coefficient (Wildman–Crippen LogP) is 5.08. The van der Waals surface area contributed by atoms with Crippen LogP contribution in [0.2, 0.25) is 0 Å². The van der Waals surface area contributed by atoms with Crippen LogP contribution in [0.4, 0.5) is 26.0 Å². The number of hydrogen-bond donors (Lipinski definition) is 3. The number of hydrogen-bond acceptors (Lipinski definition) is 7. The van der Waals surface area contributed by atoms with Crippen molar-refractivity contribution >= 4 is 46.0 Å². The van der Waals surface area contributed by atoms with Gasteiger partial charge in [0.25, 0.3) is 0 Å². The van der Waals surface area contributed by atoms with E-state index >= 15 is 4.39 Å². The molecule has 0 fully saturated rings. The summed E-state index contributed by atoms with van der Waals surface area (Å²) in [4.78, 5) is 28.4. The number of fused-ring (bicyclic) bond motifs is 1. The third kappa shape index (κ3) is 4.19. The van der Waals surface area contributed by atoms with E-state index in [9.17, 15) is 9.18 Å². The lowest BCUT2D eigenvalue weighted by atomic mass is 10.0. The molecule has 0 atom stereocenters. The Morgan fingerprint density at radius 1 is 1.16 bits per heavy atom. The summed E-state index contributed by atoms with van der Waals surface area (Å²) in [5, 5.41) is 3.42. The zero-order valence-electron chi connectivity index (χ0n) is 16.4. The first kappa shape index (κ1) is 20.7. The van der Waals surface area contributed by atoms with Crippen molar-refractivity contribution in [3.05, 3.63) is 71.9 Å². The normalized spacial score (nSPS) is 10.9. The summed E-state index contributed by atoms with van der Waals surface area (Å²) in [7, 11) is 0. The minimum Gasteiger partial charge on any atom is -0.345 e. The molecule has 0 saturated carbocycles. The van der Waals surface area contributed by atoms with E-state index in [1.165, 1.54) is 30.5 Å². The molecule has 0 amide bonds. The van der Waals surface area contributed by atoms with Gasteiger partial charge in [-0.05, 0) is 30.7 Å². The van der Waals surface area contributed by atoms with Crippen molar-refractivity contribution in [3.8, 4) is 0 Å². The number of ketones is 1. The van der Waals surface area contributed by atoms with Crippen LogP contribution < -0.4 is 10.0 Å². The van der Waals surface area contributed by atoms with Crippen LogP contribution in [0.3, 0.4) is 0 Å². The Morgan fingerprint density at radius 2 is 1.97 bits per heavy atom. The second-order valence-electron chi connectivity index (χ2n) is 6.57. The zero-order valence-corrected chi connectivity index (χ0v) is 17.3. The van der Waals surface area contributed by atoms with E-state index in [1.54, 1.807) is 24.5 Å². The molecule has 10 heteroatoms. The van der Waals surface area contributed by atoms with E-state index in [2.05, 4.69) is 30.0 Å². The maximum atomic E-state index is 15.0. The molecule has 0 bridgehead atoms. The molecule has 3 aromatic heterocycles. The van der Waals surface area contributed by atoms with Gasteiger partial charge in [0, 0.05) is 30.0 Å². The quantitative estimate of drug-likeness (QED) is 0.200. The molecule has 7 nitrogen and oxygen atoms in total. The maximum absolute atomic E-state index is 15.0. The van der Waals surface area contributed by atoms with Crippen LogP contribution in [0.15, 0.2) is 49.2 Å². The molecule has 0 aliphatic rings. The van der Waals surface area contributed by atoms with Crippen LogP contribution in [0.5, 0.6) is 0 Å². The van der Waals surface area contributed by atoms with Gasteiger partial charge in [0.15, 0.2) is 5.82 Å². The SMILES string of the molecule is CCCSNc1ccc(F)c(C(=O)c2c[nH]c3ncnc(Nc4ccncc4)c23)c1F. The molecule has 0 unspecified atom stereocenters. The van der Waals surface area contributed by atoms with E-state index in [1.807, 2.05) is 6.92 Å². The lowest BCUT2D eigenvalue weighted by Gasteiger charge is -2.11. The number of aromatic nitrogens is 4. The smallest absolute Gasteiger partial charge is 0.201 e. The predicted molar refractivity (Wildman–Crippen MR) is 118 cm³/mol. The number of anilines is 3. The third-order valence-corrected chi connectivity index (χ3v) is 5.44. The van der Waals surface area contributed by atoms with Crippen molar-refractivity contribution in [2.45, 2.75) is 13.3 Å². The van der Waals surface area contributed by atoms with Gasteiger partial charge in [0.05, 0.1) is 22.2 Å². The van der Waals surface area contributed by atoms with E-state index in [-0.39, 0.29) is 11.3 Å². The Balaban J connectivity index is 1.76. The van der Waals surface area contributed by atoms with E-state index in [0.29, 0.717) is 22.5 Å². The average Bonchev–Trinajstić information content (AvgIpc) is 3.21. The minimum absolute atomic E-state index is 0.0504. The van der Waals surface area contributed by atoms with Gasteiger partial charge in [-0.3, -0.25) is 9.78 Å². The van der Waals surface area contributed by atoms with E-state index in [4.69, 9.17) is 0 Å². The van der Waals surface area contributed by atoms with Gasteiger partial charge in [-0.1, -0.05) is 18.9 Å². The molecule has 31 heavy (non-hydrogen) atoms. The third-order valence-electron chi connectivity index (χ3n) is 4.46. The van der Waals surface area contributed by atoms with Crippen molar-refractivity contribution in [2.75, 3.05) is 15.8 Å². The van der Waals surface area contributed by atoms with Crippen molar-refractivity contribution in [1.82, 2.24) is 19.9 Å². The van der Waals surface area contributed by atoms with E-state index < -0.39 is 23.0 Å². The number of carbonyl (C=O) groups excluding carboxylic acids is 1. The second kappa shape index (κ2) is 9.09. The van der Waals surface area contributed by atoms with Crippen LogP contribution in [0.1, 0.15) is 29.3 Å².